The van der Waals surface area contributed by atoms with Gasteiger partial charge in [0.15, 0.2) is 0 Å². The van der Waals surface area contributed by atoms with Gasteiger partial charge in [0.25, 0.3) is 0 Å². The number of hydrogen-bond acceptors (Lipinski definition) is 4. The molecule has 1 atom stereocenters. The van der Waals surface area contributed by atoms with E-state index in [-0.39, 0.29) is 18.1 Å². The summed E-state index contributed by atoms with van der Waals surface area (Å²) in [6.07, 6.45) is 0.774. The molecule has 2 aliphatic rings. The molecule has 0 fully saturated rings. The molecule has 2 rings (SSSR count). The largest absolute Gasteiger partial charge is 0.429 e. The lowest BCUT2D eigenvalue weighted by Gasteiger charge is -2.47. The van der Waals surface area contributed by atoms with Gasteiger partial charge < -0.3 is 4.74 Å². The highest BCUT2D eigenvalue weighted by atomic mass is 35.5. The zero-order chi connectivity index (χ0) is 15.1. The van der Waals surface area contributed by atoms with Gasteiger partial charge in [-0.05, 0) is 33.3 Å². The summed E-state index contributed by atoms with van der Waals surface area (Å²) in [7, 11) is 0. The third-order valence-corrected chi connectivity index (χ3v) is 5.47. The summed E-state index contributed by atoms with van der Waals surface area (Å²) in [5.74, 6) is 2.04. The number of thioether (sulfide) groups is 1. The molecule has 0 saturated carbocycles. The van der Waals surface area contributed by atoms with Crippen LogP contribution in [0.15, 0.2) is 11.3 Å². The highest BCUT2D eigenvalue weighted by molar-refractivity contribution is 7.99. The van der Waals surface area contributed by atoms with E-state index in [1.165, 1.54) is 0 Å². The van der Waals surface area contributed by atoms with Crippen LogP contribution in [0.1, 0.15) is 34.1 Å². The molecule has 0 N–H and O–H groups in total. The van der Waals surface area contributed by atoms with Crippen molar-refractivity contribution in [1.29, 1.82) is 0 Å². The zero-order valence-electron chi connectivity index (χ0n) is 12.3. The summed E-state index contributed by atoms with van der Waals surface area (Å²) in [6.45, 7) is 8.39. The van der Waals surface area contributed by atoms with Gasteiger partial charge in [-0.3, -0.25) is 4.90 Å². The molecule has 0 bridgehead atoms. The van der Waals surface area contributed by atoms with E-state index in [0.29, 0.717) is 0 Å². The maximum atomic E-state index is 12.2. The van der Waals surface area contributed by atoms with Crippen LogP contribution >= 0.6 is 35.0 Å². The first-order chi connectivity index (χ1) is 9.26. The molecule has 2 aliphatic heterocycles. The van der Waals surface area contributed by atoms with E-state index < -0.39 is 10.3 Å². The first-order valence-corrected chi connectivity index (χ1v) is 8.85. The molecular formula is C14H21Cl2NO2S. The van der Waals surface area contributed by atoms with E-state index in [4.69, 9.17) is 27.9 Å². The summed E-state index contributed by atoms with van der Waals surface area (Å²) in [4.78, 5) is 14.4. The lowest BCUT2D eigenvalue weighted by Crippen LogP contribution is -2.59. The van der Waals surface area contributed by atoms with Crippen molar-refractivity contribution >= 4 is 40.9 Å². The maximum Gasteiger partial charge on any atom is 0.349 e. The number of esters is 1. The highest BCUT2D eigenvalue weighted by Crippen LogP contribution is 2.45. The molecule has 3 nitrogen and oxygen atoms in total. The number of alkyl halides is 2. The molecule has 1 unspecified atom stereocenters. The summed E-state index contributed by atoms with van der Waals surface area (Å²) < 4.78 is 3.85. The Kier molecular flexibility index (Phi) is 5.00. The van der Waals surface area contributed by atoms with Crippen LogP contribution in [0.3, 0.4) is 0 Å². The van der Waals surface area contributed by atoms with Gasteiger partial charge in [-0.15, -0.1) is 0 Å². The normalized spacial score (nSPS) is 26.2. The van der Waals surface area contributed by atoms with Crippen molar-refractivity contribution < 1.29 is 9.53 Å². The highest BCUT2D eigenvalue weighted by Gasteiger charge is 2.54. The van der Waals surface area contributed by atoms with Gasteiger partial charge in [0.1, 0.15) is 5.76 Å². The van der Waals surface area contributed by atoms with Crippen LogP contribution in [0.25, 0.3) is 0 Å². The van der Waals surface area contributed by atoms with Gasteiger partial charge in [0.2, 0.25) is 4.33 Å². The Hall–Kier alpha value is 0.1000. The molecule has 0 amide bonds. The molecule has 0 aromatic rings. The van der Waals surface area contributed by atoms with Crippen LogP contribution in [0.5, 0.6) is 0 Å². The lowest BCUT2D eigenvalue weighted by atomic mass is 9.95. The minimum atomic E-state index is -1.54. The standard InChI is InChI=1S/C14H21Cl2NO2S/c1-8(2)17(9(3)4)12-10-7-20-6-5-11(10)19-13(18)14(12,15)16/h8-9,12H,5-7H2,1-4H3. The number of ether oxygens (including phenoxy) is 1. The van der Waals surface area contributed by atoms with Crippen LogP contribution in [0.4, 0.5) is 0 Å². The Morgan fingerprint density at radius 1 is 1.30 bits per heavy atom. The SMILES string of the molecule is CC(C)N(C(C)C)C1C2=C(CCSC2)OC(=O)C1(Cl)Cl. The third kappa shape index (κ3) is 2.85. The average molecular weight is 338 g/mol. The van der Waals surface area contributed by atoms with Crippen molar-refractivity contribution in [2.75, 3.05) is 11.5 Å². The van der Waals surface area contributed by atoms with E-state index in [9.17, 15) is 4.79 Å². The van der Waals surface area contributed by atoms with Gasteiger partial charge in [-0.1, -0.05) is 23.2 Å². The van der Waals surface area contributed by atoms with Crippen LogP contribution < -0.4 is 0 Å². The van der Waals surface area contributed by atoms with Gasteiger partial charge in [-0.2, -0.15) is 11.8 Å². The number of hydrogen-bond donors (Lipinski definition) is 0. The fourth-order valence-electron chi connectivity index (χ4n) is 3.01. The maximum absolute atomic E-state index is 12.2. The fourth-order valence-corrected chi connectivity index (χ4v) is 4.58. The minimum Gasteiger partial charge on any atom is -0.429 e. The number of nitrogens with zero attached hydrogens (tertiary/aromatic N) is 1. The van der Waals surface area contributed by atoms with E-state index in [2.05, 4.69) is 32.6 Å². The Labute approximate surface area is 135 Å². The predicted octanol–water partition coefficient (Wildman–Crippen LogP) is 3.60. The topological polar surface area (TPSA) is 29.5 Å². The van der Waals surface area contributed by atoms with Crippen molar-refractivity contribution in [1.82, 2.24) is 4.90 Å². The summed E-state index contributed by atoms with van der Waals surface area (Å²) in [6, 6.07) is 0.168. The molecule has 0 aromatic heterocycles. The molecule has 0 spiro atoms. The van der Waals surface area contributed by atoms with Gasteiger partial charge in [-0.25, -0.2) is 4.79 Å². The average Bonchev–Trinajstić information content (AvgIpc) is 2.34. The molecule has 2 heterocycles. The summed E-state index contributed by atoms with van der Waals surface area (Å²) in [5.41, 5.74) is 1.08. The van der Waals surface area contributed by atoms with E-state index >= 15 is 0 Å². The Bertz CT molecular complexity index is 427. The van der Waals surface area contributed by atoms with Crippen molar-refractivity contribution in [2.45, 2.75) is 56.6 Å². The second-order valence-electron chi connectivity index (χ2n) is 5.80. The van der Waals surface area contributed by atoms with Gasteiger partial charge in [0.05, 0.1) is 6.04 Å². The number of halogens is 2. The van der Waals surface area contributed by atoms with Gasteiger partial charge >= 0.3 is 5.97 Å². The summed E-state index contributed by atoms with van der Waals surface area (Å²) in [5, 5.41) is 0. The molecule has 0 aliphatic carbocycles. The first-order valence-electron chi connectivity index (χ1n) is 6.94. The van der Waals surface area contributed by atoms with Crippen molar-refractivity contribution in [2.24, 2.45) is 0 Å². The minimum absolute atomic E-state index is 0.239. The van der Waals surface area contributed by atoms with Crippen LogP contribution in [0.2, 0.25) is 0 Å². The van der Waals surface area contributed by atoms with Crippen LogP contribution in [0, 0.1) is 0 Å². The Morgan fingerprint density at radius 3 is 2.45 bits per heavy atom. The van der Waals surface area contributed by atoms with Gasteiger partial charge in [0, 0.05) is 30.0 Å². The second kappa shape index (κ2) is 6.07. The van der Waals surface area contributed by atoms with E-state index in [0.717, 1.165) is 29.3 Å². The van der Waals surface area contributed by atoms with Crippen molar-refractivity contribution in [3.05, 3.63) is 11.3 Å². The fraction of sp³-hybridized carbons (Fsp3) is 0.786. The third-order valence-electron chi connectivity index (χ3n) is 3.74. The smallest absolute Gasteiger partial charge is 0.349 e. The number of carbonyl (C=O) groups is 1. The van der Waals surface area contributed by atoms with Crippen LogP contribution in [-0.2, 0) is 9.53 Å². The molecule has 20 heavy (non-hydrogen) atoms. The zero-order valence-corrected chi connectivity index (χ0v) is 14.6. The second-order valence-corrected chi connectivity index (χ2v) is 8.29. The molecule has 0 radical (unpaired) electrons. The monoisotopic (exact) mass is 337 g/mol. The molecule has 6 heteroatoms. The Balaban J connectivity index is 2.50. The van der Waals surface area contributed by atoms with E-state index in [1.54, 1.807) is 0 Å². The molecule has 0 aromatic carbocycles. The van der Waals surface area contributed by atoms with Crippen LogP contribution in [-0.4, -0.2) is 44.8 Å². The molecular weight excluding hydrogens is 317 g/mol. The number of allylic oxidation sites excluding steroid dienone is 1. The lowest BCUT2D eigenvalue weighted by molar-refractivity contribution is -0.144. The van der Waals surface area contributed by atoms with Crippen molar-refractivity contribution in [3.8, 4) is 0 Å². The summed E-state index contributed by atoms with van der Waals surface area (Å²) >= 11 is 14.6. The predicted molar refractivity (Wildman–Crippen MR) is 85.4 cm³/mol. The Morgan fingerprint density at radius 2 is 1.90 bits per heavy atom. The van der Waals surface area contributed by atoms with Crippen molar-refractivity contribution in [3.63, 3.8) is 0 Å². The number of carbonyl (C=O) groups excluding carboxylic acids is 1. The van der Waals surface area contributed by atoms with E-state index in [1.807, 2.05) is 11.8 Å². The quantitative estimate of drug-likeness (QED) is 0.581. The first kappa shape index (κ1) is 16.5. The molecule has 0 saturated heterocycles. The molecule has 114 valence electrons. The number of rotatable bonds is 3.